The van der Waals surface area contributed by atoms with Crippen molar-refractivity contribution >= 4 is 16.5 Å². The number of piperazine rings is 1. The summed E-state index contributed by atoms with van der Waals surface area (Å²) in [6, 6.07) is 1.95. The van der Waals surface area contributed by atoms with E-state index in [0.29, 0.717) is 12.1 Å². The van der Waals surface area contributed by atoms with Crippen LogP contribution in [0.3, 0.4) is 0 Å². The Hall–Kier alpha value is -0.650. The molecule has 0 aromatic carbocycles. The van der Waals surface area contributed by atoms with Gasteiger partial charge >= 0.3 is 0 Å². The number of nitrogens with one attached hydrogen (secondary N) is 1. The molecule has 1 saturated heterocycles. The summed E-state index contributed by atoms with van der Waals surface area (Å²) >= 11 is 1.90. The van der Waals surface area contributed by atoms with Crippen molar-refractivity contribution in [1.82, 2.24) is 15.2 Å². The normalized spacial score (nSPS) is 27.3. The third kappa shape index (κ3) is 3.41. The minimum Gasteiger partial charge on any atom is -0.345 e. The minimum atomic E-state index is 0.593. The number of likely N-dealkylation sites (N-methyl/N-ethyl adjacent to an activating group) is 1. The van der Waals surface area contributed by atoms with Gasteiger partial charge in [0.2, 0.25) is 0 Å². The van der Waals surface area contributed by atoms with Gasteiger partial charge in [0.15, 0.2) is 5.13 Å². The Balaban J connectivity index is 1.72. The Morgan fingerprint density at radius 2 is 1.90 bits per heavy atom. The van der Waals surface area contributed by atoms with Crippen LogP contribution in [-0.4, -0.2) is 48.1 Å². The summed E-state index contributed by atoms with van der Waals surface area (Å²) in [6.45, 7) is 10.0. The Bertz CT molecular complexity index is 471. The summed E-state index contributed by atoms with van der Waals surface area (Å²) in [6.07, 6.45) is 3.73. The largest absolute Gasteiger partial charge is 0.345 e. The van der Waals surface area contributed by atoms with Crippen molar-refractivity contribution in [2.45, 2.75) is 64.7 Å². The molecule has 1 aromatic rings. The van der Waals surface area contributed by atoms with E-state index in [1.807, 2.05) is 11.3 Å². The molecule has 1 aromatic heterocycles. The van der Waals surface area contributed by atoms with E-state index in [-0.39, 0.29) is 0 Å². The highest BCUT2D eigenvalue weighted by Gasteiger charge is 2.29. The van der Waals surface area contributed by atoms with E-state index < -0.39 is 0 Å². The molecule has 118 valence electrons. The number of rotatable bonds is 5. The van der Waals surface area contributed by atoms with E-state index >= 15 is 0 Å². The molecule has 2 atom stereocenters. The molecule has 1 aliphatic heterocycles. The lowest BCUT2D eigenvalue weighted by molar-refractivity contribution is 0.170. The van der Waals surface area contributed by atoms with Gasteiger partial charge in [-0.1, -0.05) is 6.92 Å². The lowest BCUT2D eigenvalue weighted by Gasteiger charge is -2.42. The van der Waals surface area contributed by atoms with Gasteiger partial charge in [-0.05, 0) is 40.2 Å². The van der Waals surface area contributed by atoms with Crippen molar-refractivity contribution in [1.29, 1.82) is 0 Å². The van der Waals surface area contributed by atoms with E-state index in [1.165, 1.54) is 28.5 Å². The van der Waals surface area contributed by atoms with E-state index in [4.69, 9.17) is 4.98 Å². The van der Waals surface area contributed by atoms with E-state index in [1.54, 1.807) is 0 Å². The molecule has 0 amide bonds. The number of thiazole rings is 1. The highest BCUT2D eigenvalue weighted by molar-refractivity contribution is 7.15. The third-order valence-corrected chi connectivity index (χ3v) is 6.02. The van der Waals surface area contributed by atoms with Crippen LogP contribution in [0.4, 0.5) is 5.13 Å². The molecule has 2 heterocycles. The average Bonchev–Trinajstić information content (AvgIpc) is 3.20. The maximum absolute atomic E-state index is 4.93. The van der Waals surface area contributed by atoms with E-state index in [0.717, 1.165) is 32.1 Å². The zero-order valence-electron chi connectivity index (χ0n) is 13.7. The summed E-state index contributed by atoms with van der Waals surface area (Å²) in [4.78, 5) is 11.3. The van der Waals surface area contributed by atoms with Gasteiger partial charge in [-0.25, -0.2) is 4.98 Å². The second-order valence-corrected chi connectivity index (χ2v) is 7.71. The Kier molecular flexibility index (Phi) is 4.52. The number of aryl methyl sites for hydroxylation is 1. The predicted octanol–water partition coefficient (Wildman–Crippen LogP) is 2.49. The van der Waals surface area contributed by atoms with Gasteiger partial charge in [0, 0.05) is 42.6 Å². The molecule has 1 N–H and O–H groups in total. The fourth-order valence-electron chi connectivity index (χ4n) is 3.00. The summed E-state index contributed by atoms with van der Waals surface area (Å²) in [7, 11) is 2.23. The van der Waals surface area contributed by atoms with Crippen LogP contribution in [0.25, 0.3) is 0 Å². The first-order valence-corrected chi connectivity index (χ1v) is 9.09. The van der Waals surface area contributed by atoms with Gasteiger partial charge in [0.1, 0.15) is 0 Å². The van der Waals surface area contributed by atoms with Crippen molar-refractivity contribution in [3.8, 4) is 0 Å². The van der Waals surface area contributed by atoms with Crippen LogP contribution in [0, 0.1) is 0 Å². The van der Waals surface area contributed by atoms with Crippen molar-refractivity contribution in [3.63, 3.8) is 0 Å². The standard InChI is InChI=1S/C16H28N4S/c1-5-14-15(8-17-13-6-7-13)21-16(18-14)20-9-11(2)19(4)12(3)10-20/h11-13,17H,5-10H2,1-4H3. The minimum absolute atomic E-state index is 0.593. The highest BCUT2D eigenvalue weighted by atomic mass is 32.1. The first-order chi connectivity index (χ1) is 10.1. The number of anilines is 1. The van der Waals surface area contributed by atoms with Crippen LogP contribution in [0.2, 0.25) is 0 Å². The number of aromatic nitrogens is 1. The predicted molar refractivity (Wildman–Crippen MR) is 90.3 cm³/mol. The average molecular weight is 308 g/mol. The first kappa shape index (κ1) is 15.3. The van der Waals surface area contributed by atoms with Gasteiger partial charge < -0.3 is 10.2 Å². The summed E-state index contributed by atoms with van der Waals surface area (Å²) in [5.41, 5.74) is 1.29. The van der Waals surface area contributed by atoms with Crippen molar-refractivity contribution < 1.29 is 0 Å². The molecule has 2 fully saturated rings. The van der Waals surface area contributed by atoms with Gasteiger partial charge in [0.25, 0.3) is 0 Å². The number of nitrogens with zero attached hydrogens (tertiary/aromatic N) is 3. The Morgan fingerprint density at radius 3 is 2.48 bits per heavy atom. The molecule has 1 aliphatic carbocycles. The maximum Gasteiger partial charge on any atom is 0.185 e. The molecular weight excluding hydrogens is 280 g/mol. The first-order valence-electron chi connectivity index (χ1n) is 8.27. The van der Waals surface area contributed by atoms with Crippen LogP contribution in [0.1, 0.15) is 44.2 Å². The third-order valence-electron chi connectivity index (χ3n) is 4.86. The van der Waals surface area contributed by atoms with Gasteiger partial charge in [0.05, 0.1) is 5.69 Å². The summed E-state index contributed by atoms with van der Waals surface area (Å²) in [5, 5.41) is 4.86. The quantitative estimate of drug-likeness (QED) is 0.905. The number of hydrogen-bond acceptors (Lipinski definition) is 5. The molecule has 4 nitrogen and oxygen atoms in total. The van der Waals surface area contributed by atoms with Crippen LogP contribution >= 0.6 is 11.3 Å². The summed E-state index contributed by atoms with van der Waals surface area (Å²) < 4.78 is 0. The van der Waals surface area contributed by atoms with Crippen molar-refractivity contribution in [2.24, 2.45) is 0 Å². The fourth-order valence-corrected chi connectivity index (χ4v) is 4.12. The van der Waals surface area contributed by atoms with E-state index in [2.05, 4.69) is 42.9 Å². The van der Waals surface area contributed by atoms with Gasteiger partial charge in [-0.3, -0.25) is 4.90 Å². The smallest absolute Gasteiger partial charge is 0.185 e. The van der Waals surface area contributed by atoms with Crippen molar-refractivity contribution in [2.75, 3.05) is 25.0 Å². The van der Waals surface area contributed by atoms with Crippen LogP contribution in [-0.2, 0) is 13.0 Å². The maximum atomic E-state index is 4.93. The molecule has 2 aliphatic rings. The lowest BCUT2D eigenvalue weighted by atomic mass is 10.1. The van der Waals surface area contributed by atoms with Crippen LogP contribution < -0.4 is 10.2 Å². The second-order valence-electron chi connectivity index (χ2n) is 6.64. The van der Waals surface area contributed by atoms with Crippen LogP contribution in [0.5, 0.6) is 0 Å². The molecule has 0 radical (unpaired) electrons. The second kappa shape index (κ2) is 6.23. The lowest BCUT2D eigenvalue weighted by Crippen LogP contribution is -2.55. The van der Waals surface area contributed by atoms with Crippen LogP contribution in [0.15, 0.2) is 0 Å². The SMILES string of the molecule is CCc1nc(N2CC(C)N(C)C(C)C2)sc1CNC1CC1. The molecule has 21 heavy (non-hydrogen) atoms. The molecule has 5 heteroatoms. The monoisotopic (exact) mass is 308 g/mol. The van der Waals surface area contributed by atoms with E-state index in [9.17, 15) is 0 Å². The molecule has 1 saturated carbocycles. The molecule has 0 spiro atoms. The van der Waals surface area contributed by atoms with Gasteiger partial charge in [-0.2, -0.15) is 0 Å². The number of hydrogen-bond donors (Lipinski definition) is 1. The molecule has 3 rings (SSSR count). The highest BCUT2D eigenvalue weighted by Crippen LogP contribution is 2.30. The fraction of sp³-hybridized carbons (Fsp3) is 0.812. The van der Waals surface area contributed by atoms with Crippen molar-refractivity contribution in [3.05, 3.63) is 10.6 Å². The molecule has 2 unspecified atom stereocenters. The topological polar surface area (TPSA) is 31.4 Å². The zero-order chi connectivity index (χ0) is 15.0. The molecular formula is C16H28N4S. The Morgan fingerprint density at radius 1 is 1.24 bits per heavy atom. The summed E-state index contributed by atoms with van der Waals surface area (Å²) in [5.74, 6) is 0. The Labute approximate surface area is 132 Å². The zero-order valence-corrected chi connectivity index (χ0v) is 14.5. The van der Waals surface area contributed by atoms with Gasteiger partial charge in [-0.15, -0.1) is 11.3 Å². The molecule has 0 bridgehead atoms.